The summed E-state index contributed by atoms with van der Waals surface area (Å²) in [5.41, 5.74) is 2.92. The first-order valence-electron chi connectivity index (χ1n) is 6.62. The Hall–Kier alpha value is -2.63. The van der Waals surface area contributed by atoms with Crippen molar-refractivity contribution in [1.82, 2.24) is 10.7 Å². The van der Waals surface area contributed by atoms with Gasteiger partial charge >= 0.3 is 11.8 Å². The van der Waals surface area contributed by atoms with Gasteiger partial charge in [0.15, 0.2) is 0 Å². The lowest BCUT2D eigenvalue weighted by Crippen LogP contribution is -2.37. The highest BCUT2D eigenvalue weighted by Crippen LogP contribution is 2.11. The fourth-order valence-corrected chi connectivity index (χ4v) is 1.33. The zero-order valence-corrected chi connectivity index (χ0v) is 12.0. The molecule has 21 heavy (non-hydrogen) atoms. The van der Waals surface area contributed by atoms with Crippen LogP contribution in [0.4, 0.5) is 0 Å². The van der Waals surface area contributed by atoms with Crippen molar-refractivity contribution in [2.24, 2.45) is 5.10 Å². The monoisotopic (exact) mass is 289 g/mol. The minimum absolute atomic E-state index is 0.231. The van der Waals surface area contributed by atoms with Crippen LogP contribution in [0.2, 0.25) is 0 Å². The molecule has 0 unspecified atom stereocenters. The number of hydrogen-bond acceptors (Lipinski definition) is 4. The highest BCUT2D eigenvalue weighted by atomic mass is 16.5. The molecule has 0 bridgehead atoms. The van der Waals surface area contributed by atoms with Crippen molar-refractivity contribution in [3.63, 3.8) is 0 Å². The highest BCUT2D eigenvalue weighted by Gasteiger charge is 2.10. The Morgan fingerprint density at radius 2 is 2.00 bits per heavy atom. The third kappa shape index (κ3) is 6.38. The predicted octanol–water partition coefficient (Wildman–Crippen LogP) is 1.23. The van der Waals surface area contributed by atoms with Crippen molar-refractivity contribution in [3.05, 3.63) is 42.5 Å². The molecule has 0 fully saturated rings. The molecule has 0 heterocycles. The van der Waals surface area contributed by atoms with Gasteiger partial charge in [-0.2, -0.15) is 5.10 Å². The maximum Gasteiger partial charge on any atom is 0.329 e. The molecule has 1 rings (SSSR count). The first kappa shape index (κ1) is 16.4. The Bertz CT molecular complexity index is 509. The van der Waals surface area contributed by atoms with Crippen molar-refractivity contribution >= 4 is 18.0 Å². The average Bonchev–Trinajstić information content (AvgIpc) is 2.51. The number of benzene rings is 1. The van der Waals surface area contributed by atoms with Crippen molar-refractivity contribution in [2.45, 2.75) is 13.3 Å². The maximum atomic E-state index is 11.3. The quantitative estimate of drug-likeness (QED) is 0.343. The van der Waals surface area contributed by atoms with E-state index in [1.54, 1.807) is 12.1 Å². The molecule has 1 aromatic carbocycles. The number of carbonyl (C=O) groups excluding carboxylic acids is 2. The molecule has 0 aliphatic rings. The van der Waals surface area contributed by atoms with E-state index in [-0.39, 0.29) is 6.54 Å². The highest BCUT2D eigenvalue weighted by molar-refractivity contribution is 6.35. The Balaban J connectivity index is 2.44. The van der Waals surface area contributed by atoms with Crippen molar-refractivity contribution in [2.75, 3.05) is 13.2 Å². The second kappa shape index (κ2) is 9.30. The van der Waals surface area contributed by atoms with Crippen molar-refractivity contribution < 1.29 is 14.3 Å². The minimum Gasteiger partial charge on any atom is -0.494 e. The van der Waals surface area contributed by atoms with Gasteiger partial charge < -0.3 is 10.1 Å². The number of amides is 2. The van der Waals surface area contributed by atoms with Crippen molar-refractivity contribution in [1.29, 1.82) is 0 Å². The summed E-state index contributed by atoms with van der Waals surface area (Å²) in [7, 11) is 0. The van der Waals surface area contributed by atoms with Crippen LogP contribution in [0.15, 0.2) is 42.0 Å². The first-order valence-corrected chi connectivity index (χ1v) is 6.62. The number of hydrazone groups is 1. The molecule has 112 valence electrons. The summed E-state index contributed by atoms with van der Waals surface area (Å²) in [6, 6.07) is 7.24. The maximum absolute atomic E-state index is 11.3. The van der Waals surface area contributed by atoms with Crippen LogP contribution in [0.25, 0.3) is 0 Å². The average molecular weight is 289 g/mol. The van der Waals surface area contributed by atoms with Crippen LogP contribution < -0.4 is 15.5 Å². The molecule has 2 amide bonds. The van der Waals surface area contributed by atoms with E-state index in [1.165, 1.54) is 12.3 Å². The van der Waals surface area contributed by atoms with E-state index in [1.807, 2.05) is 19.1 Å². The van der Waals surface area contributed by atoms with E-state index in [2.05, 4.69) is 22.4 Å². The molecule has 2 N–H and O–H groups in total. The SMILES string of the molecule is C=CCNC(=O)C(=O)N/N=C\c1ccc(OCCC)cc1. The Morgan fingerprint density at radius 3 is 2.62 bits per heavy atom. The van der Waals surface area contributed by atoms with E-state index in [0.717, 1.165) is 17.7 Å². The normalized spacial score (nSPS) is 10.1. The smallest absolute Gasteiger partial charge is 0.329 e. The number of carbonyl (C=O) groups is 2. The van der Waals surface area contributed by atoms with Gasteiger partial charge in [-0.15, -0.1) is 6.58 Å². The topological polar surface area (TPSA) is 79.8 Å². The summed E-state index contributed by atoms with van der Waals surface area (Å²) in [6.07, 6.45) is 3.88. The summed E-state index contributed by atoms with van der Waals surface area (Å²) in [4.78, 5) is 22.5. The Kier molecular flexibility index (Phi) is 7.28. The second-order valence-electron chi connectivity index (χ2n) is 4.12. The van der Waals surface area contributed by atoms with Gasteiger partial charge in [-0.05, 0) is 36.2 Å². The molecular formula is C15H19N3O3. The molecule has 0 atom stereocenters. The summed E-state index contributed by atoms with van der Waals surface area (Å²) >= 11 is 0. The molecule has 0 saturated carbocycles. The number of rotatable bonds is 7. The van der Waals surface area contributed by atoms with Gasteiger partial charge in [-0.1, -0.05) is 13.0 Å². The van der Waals surface area contributed by atoms with E-state index < -0.39 is 11.8 Å². The van der Waals surface area contributed by atoms with E-state index in [9.17, 15) is 9.59 Å². The summed E-state index contributed by atoms with van der Waals surface area (Å²) < 4.78 is 5.45. The number of nitrogens with one attached hydrogen (secondary N) is 2. The molecule has 0 saturated heterocycles. The van der Waals surface area contributed by atoms with Gasteiger partial charge in [-0.25, -0.2) is 5.43 Å². The number of nitrogens with zero attached hydrogens (tertiary/aromatic N) is 1. The van der Waals surface area contributed by atoms with E-state index in [0.29, 0.717) is 6.61 Å². The third-order valence-electron chi connectivity index (χ3n) is 2.35. The van der Waals surface area contributed by atoms with E-state index >= 15 is 0 Å². The zero-order valence-electron chi connectivity index (χ0n) is 12.0. The van der Waals surface area contributed by atoms with Crippen LogP contribution in [0, 0.1) is 0 Å². The summed E-state index contributed by atoms with van der Waals surface area (Å²) in [5.74, 6) is -0.798. The van der Waals surface area contributed by atoms with Crippen LogP contribution in [0.3, 0.4) is 0 Å². The van der Waals surface area contributed by atoms with Gasteiger partial charge in [0.25, 0.3) is 0 Å². The fourth-order valence-electron chi connectivity index (χ4n) is 1.33. The lowest BCUT2D eigenvalue weighted by molar-refractivity contribution is -0.139. The standard InChI is InChI=1S/C15H19N3O3/c1-3-9-16-14(19)15(20)18-17-11-12-5-7-13(8-6-12)21-10-4-2/h3,5-8,11H,1,4,9-10H2,2H3,(H,16,19)(H,18,20)/b17-11-. The Morgan fingerprint density at radius 1 is 1.29 bits per heavy atom. The molecule has 0 radical (unpaired) electrons. The molecule has 0 aliphatic heterocycles. The summed E-state index contributed by atoms with van der Waals surface area (Å²) in [5, 5.41) is 6.06. The van der Waals surface area contributed by atoms with Crippen LogP contribution in [0.1, 0.15) is 18.9 Å². The molecule has 0 aliphatic carbocycles. The van der Waals surface area contributed by atoms with Gasteiger partial charge in [-0.3, -0.25) is 9.59 Å². The molecule has 6 nitrogen and oxygen atoms in total. The minimum atomic E-state index is -0.823. The number of ether oxygens (including phenoxy) is 1. The zero-order chi connectivity index (χ0) is 15.5. The van der Waals surface area contributed by atoms with Gasteiger partial charge in [0.05, 0.1) is 12.8 Å². The molecule has 0 spiro atoms. The van der Waals surface area contributed by atoms with E-state index in [4.69, 9.17) is 4.74 Å². The van der Waals surface area contributed by atoms with Gasteiger partial charge in [0, 0.05) is 6.54 Å². The largest absolute Gasteiger partial charge is 0.494 e. The first-order chi connectivity index (χ1) is 10.2. The molecule has 1 aromatic rings. The molecule has 0 aromatic heterocycles. The lowest BCUT2D eigenvalue weighted by atomic mass is 10.2. The predicted molar refractivity (Wildman–Crippen MR) is 81.2 cm³/mol. The lowest BCUT2D eigenvalue weighted by Gasteiger charge is -2.04. The van der Waals surface area contributed by atoms with Gasteiger partial charge in [0.2, 0.25) is 0 Å². The number of hydrogen-bond donors (Lipinski definition) is 2. The third-order valence-corrected chi connectivity index (χ3v) is 2.35. The molecular weight excluding hydrogens is 270 g/mol. The Labute approximate surface area is 123 Å². The van der Waals surface area contributed by atoms with Crippen LogP contribution in [-0.4, -0.2) is 31.2 Å². The van der Waals surface area contributed by atoms with Gasteiger partial charge in [0.1, 0.15) is 5.75 Å². The molecule has 6 heteroatoms. The summed E-state index contributed by atoms with van der Waals surface area (Å²) in [6.45, 7) is 6.37. The fraction of sp³-hybridized carbons (Fsp3) is 0.267. The van der Waals surface area contributed by atoms with Crippen molar-refractivity contribution in [3.8, 4) is 5.75 Å². The van der Waals surface area contributed by atoms with Crippen LogP contribution in [0.5, 0.6) is 5.75 Å². The van der Waals surface area contributed by atoms with Crippen LogP contribution in [-0.2, 0) is 9.59 Å². The van der Waals surface area contributed by atoms with Crippen LogP contribution >= 0.6 is 0 Å². The second-order valence-corrected chi connectivity index (χ2v) is 4.12.